The van der Waals surface area contributed by atoms with E-state index in [-0.39, 0.29) is 24.3 Å². The molecule has 0 amide bonds. The van der Waals surface area contributed by atoms with Crippen molar-refractivity contribution in [2.75, 3.05) is 13.2 Å². The molecule has 0 aliphatic carbocycles. The van der Waals surface area contributed by atoms with Gasteiger partial charge in [0.15, 0.2) is 5.79 Å². The lowest BCUT2D eigenvalue weighted by molar-refractivity contribution is -0.326. The SMILES string of the molecule is CC(=O)OC1COC2COC(C)(C)OC2C1. The van der Waals surface area contributed by atoms with Crippen LogP contribution in [0.3, 0.4) is 0 Å². The highest BCUT2D eigenvalue weighted by Gasteiger charge is 2.42. The van der Waals surface area contributed by atoms with Crippen LogP contribution in [-0.4, -0.2) is 43.3 Å². The molecular formula is C11H18O5. The molecule has 0 aromatic carbocycles. The van der Waals surface area contributed by atoms with Gasteiger partial charge in [0.25, 0.3) is 0 Å². The Morgan fingerprint density at radius 3 is 2.75 bits per heavy atom. The highest BCUT2D eigenvalue weighted by Crippen LogP contribution is 2.30. The molecule has 0 aromatic heterocycles. The van der Waals surface area contributed by atoms with Gasteiger partial charge < -0.3 is 18.9 Å². The van der Waals surface area contributed by atoms with E-state index in [1.165, 1.54) is 6.92 Å². The quantitative estimate of drug-likeness (QED) is 0.625. The molecule has 0 bridgehead atoms. The molecule has 2 fully saturated rings. The van der Waals surface area contributed by atoms with Crippen LogP contribution in [0.25, 0.3) is 0 Å². The predicted octanol–water partition coefficient (Wildman–Crippen LogP) is 0.858. The maximum absolute atomic E-state index is 10.9. The fourth-order valence-corrected chi connectivity index (χ4v) is 2.09. The number of carbonyl (C=O) groups excluding carboxylic acids is 1. The van der Waals surface area contributed by atoms with E-state index in [2.05, 4.69) is 0 Å². The standard InChI is InChI=1S/C11H18O5/c1-7(12)15-8-4-9-10(13-5-8)6-14-11(2,3)16-9/h8-10H,4-6H2,1-3H3. The fraction of sp³-hybridized carbons (Fsp3) is 0.909. The number of hydrogen-bond acceptors (Lipinski definition) is 5. The average Bonchev–Trinajstić information content (AvgIpc) is 2.14. The largest absolute Gasteiger partial charge is 0.460 e. The van der Waals surface area contributed by atoms with Crippen LogP contribution in [-0.2, 0) is 23.7 Å². The predicted molar refractivity (Wildman–Crippen MR) is 54.8 cm³/mol. The second-order valence-corrected chi connectivity index (χ2v) is 4.71. The fourth-order valence-electron chi connectivity index (χ4n) is 2.09. The van der Waals surface area contributed by atoms with Crippen LogP contribution >= 0.6 is 0 Å². The zero-order chi connectivity index (χ0) is 11.8. The molecule has 0 aromatic rings. The van der Waals surface area contributed by atoms with Gasteiger partial charge >= 0.3 is 5.97 Å². The monoisotopic (exact) mass is 230 g/mol. The van der Waals surface area contributed by atoms with Gasteiger partial charge in [0.2, 0.25) is 0 Å². The highest BCUT2D eigenvalue weighted by atomic mass is 16.7. The van der Waals surface area contributed by atoms with Crippen molar-refractivity contribution in [3.05, 3.63) is 0 Å². The Bertz CT molecular complexity index is 276. The van der Waals surface area contributed by atoms with Crippen LogP contribution in [0.15, 0.2) is 0 Å². The van der Waals surface area contributed by atoms with Crippen molar-refractivity contribution in [2.45, 2.75) is 51.3 Å². The van der Waals surface area contributed by atoms with Crippen LogP contribution < -0.4 is 0 Å². The molecule has 3 unspecified atom stereocenters. The van der Waals surface area contributed by atoms with Gasteiger partial charge in [-0.1, -0.05) is 0 Å². The first-order valence-corrected chi connectivity index (χ1v) is 5.57. The van der Waals surface area contributed by atoms with Gasteiger partial charge in [0, 0.05) is 13.3 Å². The maximum Gasteiger partial charge on any atom is 0.302 e. The first kappa shape index (κ1) is 11.8. The molecule has 2 rings (SSSR count). The Hall–Kier alpha value is -0.650. The topological polar surface area (TPSA) is 54.0 Å². The molecule has 2 saturated heterocycles. The molecule has 92 valence electrons. The minimum absolute atomic E-state index is 0.0418. The van der Waals surface area contributed by atoms with Gasteiger partial charge in [0.05, 0.1) is 19.3 Å². The lowest BCUT2D eigenvalue weighted by atomic mass is 10.0. The molecule has 0 saturated carbocycles. The first-order chi connectivity index (χ1) is 7.46. The van der Waals surface area contributed by atoms with Crippen molar-refractivity contribution in [1.29, 1.82) is 0 Å². The second-order valence-electron chi connectivity index (χ2n) is 4.71. The van der Waals surface area contributed by atoms with E-state index in [9.17, 15) is 4.79 Å². The van der Waals surface area contributed by atoms with Gasteiger partial charge in [0.1, 0.15) is 12.2 Å². The Kier molecular flexibility index (Phi) is 3.19. The van der Waals surface area contributed by atoms with Crippen molar-refractivity contribution < 1.29 is 23.7 Å². The summed E-state index contributed by atoms with van der Waals surface area (Å²) in [6.45, 7) is 6.11. The Labute approximate surface area is 95.0 Å². The van der Waals surface area contributed by atoms with E-state index in [0.717, 1.165) is 0 Å². The average molecular weight is 230 g/mol. The zero-order valence-electron chi connectivity index (χ0n) is 9.89. The summed E-state index contributed by atoms with van der Waals surface area (Å²) < 4.78 is 21.9. The molecule has 3 atom stereocenters. The molecule has 0 N–H and O–H groups in total. The van der Waals surface area contributed by atoms with Crippen LogP contribution in [0.4, 0.5) is 0 Å². The molecular weight excluding hydrogens is 212 g/mol. The minimum atomic E-state index is -0.581. The molecule has 0 radical (unpaired) electrons. The summed E-state index contributed by atoms with van der Waals surface area (Å²) in [5, 5.41) is 0. The Morgan fingerprint density at radius 1 is 1.31 bits per heavy atom. The maximum atomic E-state index is 10.9. The van der Waals surface area contributed by atoms with E-state index in [1.807, 2.05) is 13.8 Å². The summed E-state index contributed by atoms with van der Waals surface area (Å²) in [4.78, 5) is 10.9. The molecule has 2 aliphatic heterocycles. The molecule has 16 heavy (non-hydrogen) atoms. The summed E-state index contributed by atoms with van der Waals surface area (Å²) in [5.74, 6) is -0.860. The van der Waals surface area contributed by atoms with Crippen LogP contribution in [0.2, 0.25) is 0 Å². The summed E-state index contributed by atoms with van der Waals surface area (Å²) in [6.07, 6.45) is 0.381. The van der Waals surface area contributed by atoms with E-state index < -0.39 is 5.79 Å². The number of esters is 1. The van der Waals surface area contributed by atoms with Crippen molar-refractivity contribution in [3.8, 4) is 0 Å². The molecule has 2 heterocycles. The number of rotatable bonds is 1. The van der Waals surface area contributed by atoms with E-state index in [0.29, 0.717) is 19.6 Å². The summed E-state index contributed by atoms with van der Waals surface area (Å²) in [6, 6.07) is 0. The minimum Gasteiger partial charge on any atom is -0.460 e. The molecule has 5 nitrogen and oxygen atoms in total. The molecule has 5 heteroatoms. The number of ether oxygens (including phenoxy) is 4. The van der Waals surface area contributed by atoms with Gasteiger partial charge in [-0.15, -0.1) is 0 Å². The van der Waals surface area contributed by atoms with E-state index in [4.69, 9.17) is 18.9 Å². The third kappa shape index (κ3) is 2.72. The van der Waals surface area contributed by atoms with Crippen molar-refractivity contribution in [1.82, 2.24) is 0 Å². The Balaban J connectivity index is 1.93. The van der Waals surface area contributed by atoms with Crippen LogP contribution in [0.5, 0.6) is 0 Å². The van der Waals surface area contributed by atoms with Gasteiger partial charge in [-0.05, 0) is 13.8 Å². The lowest BCUT2D eigenvalue weighted by Crippen LogP contribution is -2.54. The Morgan fingerprint density at radius 2 is 2.06 bits per heavy atom. The molecule has 0 spiro atoms. The highest BCUT2D eigenvalue weighted by molar-refractivity contribution is 5.66. The third-order valence-corrected chi connectivity index (χ3v) is 2.77. The number of carbonyl (C=O) groups is 1. The summed E-state index contributed by atoms with van der Waals surface area (Å²) in [7, 11) is 0. The first-order valence-electron chi connectivity index (χ1n) is 5.57. The summed E-state index contributed by atoms with van der Waals surface area (Å²) in [5.41, 5.74) is 0. The van der Waals surface area contributed by atoms with Crippen molar-refractivity contribution >= 4 is 5.97 Å². The van der Waals surface area contributed by atoms with Crippen molar-refractivity contribution in [2.24, 2.45) is 0 Å². The normalized spacial score (nSPS) is 37.6. The van der Waals surface area contributed by atoms with Gasteiger partial charge in [-0.2, -0.15) is 0 Å². The van der Waals surface area contributed by atoms with E-state index >= 15 is 0 Å². The zero-order valence-corrected chi connectivity index (χ0v) is 9.89. The smallest absolute Gasteiger partial charge is 0.302 e. The lowest BCUT2D eigenvalue weighted by Gasteiger charge is -2.44. The van der Waals surface area contributed by atoms with Gasteiger partial charge in [-0.3, -0.25) is 4.79 Å². The number of fused-ring (bicyclic) bond motifs is 1. The van der Waals surface area contributed by atoms with E-state index in [1.54, 1.807) is 0 Å². The van der Waals surface area contributed by atoms with Gasteiger partial charge in [-0.25, -0.2) is 0 Å². The van der Waals surface area contributed by atoms with Crippen LogP contribution in [0.1, 0.15) is 27.2 Å². The third-order valence-electron chi connectivity index (χ3n) is 2.77. The molecule has 2 aliphatic rings. The number of hydrogen-bond donors (Lipinski definition) is 0. The van der Waals surface area contributed by atoms with Crippen LogP contribution in [0, 0.1) is 0 Å². The van der Waals surface area contributed by atoms with Crippen molar-refractivity contribution in [3.63, 3.8) is 0 Å². The summed E-state index contributed by atoms with van der Waals surface area (Å²) >= 11 is 0. The second kappa shape index (κ2) is 4.31.